The van der Waals surface area contributed by atoms with E-state index in [1.165, 1.54) is 5.56 Å². The number of carbonyl (C=O) groups is 2. The smallest absolute Gasteiger partial charge is 0.257 e. The van der Waals surface area contributed by atoms with Crippen LogP contribution < -0.4 is 15.8 Å². The molecule has 1 fully saturated rings. The molecule has 1 aliphatic heterocycles. The highest BCUT2D eigenvalue weighted by atomic mass is 16.2. The number of para-hydroxylation sites is 1. The SMILES string of the molecule is O=C(CN1CCCc2ccccc21)NNC(=O)C1(c2ccccc2)CC1. The van der Waals surface area contributed by atoms with Crippen molar-refractivity contribution in [3.63, 3.8) is 0 Å². The zero-order chi connectivity index (χ0) is 18.0. The number of carbonyl (C=O) groups excluding carboxylic acids is 2. The van der Waals surface area contributed by atoms with E-state index < -0.39 is 5.41 Å². The van der Waals surface area contributed by atoms with Crippen molar-refractivity contribution in [2.45, 2.75) is 31.1 Å². The average Bonchev–Trinajstić information content (AvgIpc) is 3.49. The number of aryl methyl sites for hydroxylation is 1. The first-order chi connectivity index (χ1) is 12.7. The molecule has 2 aromatic rings. The molecule has 1 saturated carbocycles. The van der Waals surface area contributed by atoms with Gasteiger partial charge in [-0.3, -0.25) is 20.4 Å². The first-order valence-corrected chi connectivity index (χ1v) is 9.17. The maximum atomic E-state index is 12.6. The third kappa shape index (κ3) is 3.17. The van der Waals surface area contributed by atoms with Crippen molar-refractivity contribution in [3.05, 3.63) is 65.7 Å². The zero-order valence-electron chi connectivity index (χ0n) is 14.7. The predicted molar refractivity (Wildman–Crippen MR) is 101 cm³/mol. The van der Waals surface area contributed by atoms with Gasteiger partial charge in [-0.05, 0) is 42.9 Å². The standard InChI is InChI=1S/C21H23N3O2/c25-19(15-24-14-6-8-16-7-4-5-11-18(16)24)22-23-20(26)21(12-13-21)17-9-2-1-3-10-17/h1-5,7,9-11H,6,8,12-15H2,(H,22,25)(H,23,26). The molecule has 134 valence electrons. The number of rotatable bonds is 4. The lowest BCUT2D eigenvalue weighted by Gasteiger charge is -2.30. The van der Waals surface area contributed by atoms with E-state index in [1.807, 2.05) is 42.5 Å². The van der Waals surface area contributed by atoms with Crippen molar-refractivity contribution in [2.24, 2.45) is 0 Å². The Morgan fingerprint density at radius 2 is 1.69 bits per heavy atom. The number of hydrogen-bond acceptors (Lipinski definition) is 3. The average molecular weight is 349 g/mol. The fourth-order valence-electron chi connectivity index (χ4n) is 3.76. The summed E-state index contributed by atoms with van der Waals surface area (Å²) in [7, 11) is 0. The number of benzene rings is 2. The summed E-state index contributed by atoms with van der Waals surface area (Å²) in [5.41, 5.74) is 8.15. The number of nitrogens with one attached hydrogen (secondary N) is 2. The van der Waals surface area contributed by atoms with Gasteiger partial charge in [0.15, 0.2) is 0 Å². The Labute approximate surface area is 153 Å². The van der Waals surface area contributed by atoms with Crippen LogP contribution in [-0.4, -0.2) is 24.9 Å². The molecule has 0 unspecified atom stereocenters. The molecule has 0 aromatic heterocycles. The Kier molecular flexibility index (Phi) is 4.37. The first-order valence-electron chi connectivity index (χ1n) is 9.17. The second-order valence-electron chi connectivity index (χ2n) is 7.10. The topological polar surface area (TPSA) is 61.4 Å². The van der Waals surface area contributed by atoms with Gasteiger partial charge in [-0.2, -0.15) is 0 Å². The van der Waals surface area contributed by atoms with Crippen molar-refractivity contribution in [1.29, 1.82) is 0 Å². The van der Waals surface area contributed by atoms with Gasteiger partial charge in [0, 0.05) is 12.2 Å². The first kappa shape index (κ1) is 16.6. The van der Waals surface area contributed by atoms with Crippen LogP contribution in [0.25, 0.3) is 0 Å². The van der Waals surface area contributed by atoms with Gasteiger partial charge in [-0.1, -0.05) is 48.5 Å². The maximum absolute atomic E-state index is 12.6. The van der Waals surface area contributed by atoms with Crippen LogP contribution in [0.5, 0.6) is 0 Å². The highest BCUT2D eigenvalue weighted by Crippen LogP contribution is 2.48. The molecule has 0 atom stereocenters. The van der Waals surface area contributed by atoms with Gasteiger partial charge < -0.3 is 4.90 Å². The second-order valence-corrected chi connectivity index (χ2v) is 7.10. The van der Waals surface area contributed by atoms with Gasteiger partial charge in [-0.25, -0.2) is 0 Å². The van der Waals surface area contributed by atoms with Gasteiger partial charge in [0.25, 0.3) is 5.91 Å². The van der Waals surface area contributed by atoms with Crippen molar-refractivity contribution < 1.29 is 9.59 Å². The summed E-state index contributed by atoms with van der Waals surface area (Å²) in [6, 6.07) is 17.9. The summed E-state index contributed by atoms with van der Waals surface area (Å²) < 4.78 is 0. The van der Waals surface area contributed by atoms with Crippen LogP contribution in [0.2, 0.25) is 0 Å². The number of amides is 2. The van der Waals surface area contributed by atoms with E-state index in [0.29, 0.717) is 0 Å². The van der Waals surface area contributed by atoms with Crippen molar-refractivity contribution in [1.82, 2.24) is 10.9 Å². The van der Waals surface area contributed by atoms with Crippen LogP contribution in [0.1, 0.15) is 30.4 Å². The molecular weight excluding hydrogens is 326 g/mol. The molecule has 0 radical (unpaired) electrons. The molecule has 1 heterocycles. The molecule has 2 amide bonds. The molecule has 2 aliphatic rings. The molecule has 26 heavy (non-hydrogen) atoms. The normalized spacial score (nSPS) is 17.2. The summed E-state index contributed by atoms with van der Waals surface area (Å²) in [5.74, 6) is -0.324. The van der Waals surface area contributed by atoms with Gasteiger partial charge in [0.2, 0.25) is 5.91 Å². The molecule has 2 aromatic carbocycles. The molecule has 1 aliphatic carbocycles. The van der Waals surface area contributed by atoms with Gasteiger partial charge in [0.1, 0.15) is 0 Å². The monoisotopic (exact) mass is 349 g/mol. The van der Waals surface area contributed by atoms with Crippen molar-refractivity contribution in [3.8, 4) is 0 Å². The maximum Gasteiger partial charge on any atom is 0.257 e. The summed E-state index contributed by atoms with van der Waals surface area (Å²) in [6.07, 6.45) is 3.72. The summed E-state index contributed by atoms with van der Waals surface area (Å²) >= 11 is 0. The fraction of sp³-hybridized carbons (Fsp3) is 0.333. The van der Waals surface area contributed by atoms with Gasteiger partial charge >= 0.3 is 0 Å². The largest absolute Gasteiger partial charge is 0.362 e. The predicted octanol–water partition coefficient (Wildman–Crippen LogP) is 2.32. The minimum atomic E-state index is -0.480. The number of anilines is 1. The minimum Gasteiger partial charge on any atom is -0.362 e. The Morgan fingerprint density at radius 1 is 0.962 bits per heavy atom. The molecule has 0 saturated heterocycles. The van der Waals surface area contributed by atoms with Crippen molar-refractivity contribution in [2.75, 3.05) is 18.0 Å². The van der Waals surface area contributed by atoms with Crippen LogP contribution >= 0.6 is 0 Å². The summed E-state index contributed by atoms with van der Waals surface area (Å²) in [6.45, 7) is 1.10. The molecule has 0 spiro atoms. The van der Waals surface area contributed by atoms with Crippen LogP contribution in [0.15, 0.2) is 54.6 Å². The van der Waals surface area contributed by atoms with E-state index in [0.717, 1.165) is 43.5 Å². The number of hydrazine groups is 1. The van der Waals surface area contributed by atoms with Crippen molar-refractivity contribution >= 4 is 17.5 Å². The van der Waals surface area contributed by atoms with Gasteiger partial charge in [-0.15, -0.1) is 0 Å². The molecular formula is C21H23N3O2. The fourth-order valence-corrected chi connectivity index (χ4v) is 3.76. The number of nitrogens with zero attached hydrogens (tertiary/aromatic N) is 1. The lowest BCUT2D eigenvalue weighted by Crippen LogP contribution is -2.50. The van der Waals surface area contributed by atoms with E-state index in [9.17, 15) is 9.59 Å². The molecule has 5 heteroatoms. The van der Waals surface area contributed by atoms with E-state index in [4.69, 9.17) is 0 Å². The van der Waals surface area contributed by atoms with Crippen LogP contribution in [-0.2, 0) is 21.4 Å². The summed E-state index contributed by atoms with van der Waals surface area (Å²) in [5, 5.41) is 0. The number of fused-ring (bicyclic) bond motifs is 1. The van der Waals surface area contributed by atoms with E-state index in [-0.39, 0.29) is 18.4 Å². The van der Waals surface area contributed by atoms with Gasteiger partial charge in [0.05, 0.1) is 12.0 Å². The third-order valence-electron chi connectivity index (χ3n) is 5.37. The Morgan fingerprint density at radius 3 is 2.46 bits per heavy atom. The highest BCUT2D eigenvalue weighted by Gasteiger charge is 2.51. The Hall–Kier alpha value is -2.82. The van der Waals surface area contributed by atoms with E-state index in [1.54, 1.807) is 0 Å². The minimum absolute atomic E-state index is 0.129. The quantitative estimate of drug-likeness (QED) is 0.833. The molecule has 4 rings (SSSR count). The summed E-state index contributed by atoms with van der Waals surface area (Å²) in [4.78, 5) is 27.0. The lowest BCUT2D eigenvalue weighted by molar-refractivity contribution is -0.129. The highest BCUT2D eigenvalue weighted by molar-refractivity contribution is 5.93. The van der Waals surface area contributed by atoms with Crippen LogP contribution in [0, 0.1) is 0 Å². The Balaban J connectivity index is 1.35. The van der Waals surface area contributed by atoms with Crippen LogP contribution in [0.4, 0.5) is 5.69 Å². The van der Waals surface area contributed by atoms with E-state index >= 15 is 0 Å². The molecule has 2 N–H and O–H groups in total. The molecule has 5 nitrogen and oxygen atoms in total. The van der Waals surface area contributed by atoms with Crippen LogP contribution in [0.3, 0.4) is 0 Å². The molecule has 0 bridgehead atoms. The second kappa shape index (κ2) is 6.83. The number of hydrogen-bond donors (Lipinski definition) is 2. The lowest BCUT2D eigenvalue weighted by atomic mass is 9.95. The van der Waals surface area contributed by atoms with E-state index in [2.05, 4.69) is 27.9 Å². The zero-order valence-corrected chi connectivity index (χ0v) is 14.7. The Bertz CT molecular complexity index is 815. The third-order valence-corrected chi connectivity index (χ3v) is 5.37.